The Morgan fingerprint density at radius 2 is 0.765 bits per heavy atom. The van der Waals surface area contributed by atoms with Gasteiger partial charge in [-0.05, 0) is 0 Å². The SMILES string of the molecule is NCCNCC[N+](C(P(=O)(O)O)P(=O)(O)O)(C(P(=O)(O)O)P(=O)(O)O)C(P(=O)(O)O)P(=O)(O)O. The zero-order chi connectivity index (χ0) is 27.8. The predicted octanol–water partition coefficient (Wildman–Crippen LogP) is -3.73. The van der Waals surface area contributed by atoms with Gasteiger partial charge in [0.1, 0.15) is 0 Å². The fourth-order valence-electron chi connectivity index (χ4n) is 3.47. The third-order valence-corrected chi connectivity index (χ3v) is 15.7. The molecule has 0 aliphatic rings. The van der Waals surface area contributed by atoms with E-state index < -0.39 is 79.7 Å². The van der Waals surface area contributed by atoms with Crippen molar-refractivity contribution in [2.45, 2.75) is 16.6 Å². The first-order valence-electron chi connectivity index (χ1n) is 8.25. The molecule has 0 spiro atoms. The van der Waals surface area contributed by atoms with Crippen LogP contribution in [-0.2, 0) is 27.4 Å². The minimum Gasteiger partial charge on any atom is -0.329 e. The number of nitrogens with one attached hydrogen (secondary N) is 1. The minimum atomic E-state index is -6.68. The van der Waals surface area contributed by atoms with Crippen molar-refractivity contribution in [3.05, 3.63) is 0 Å². The van der Waals surface area contributed by atoms with E-state index in [1.807, 2.05) is 0 Å². The topological polar surface area (TPSA) is 383 Å². The summed E-state index contributed by atoms with van der Waals surface area (Å²) < 4.78 is 69.5. The molecule has 0 saturated heterocycles. The van der Waals surface area contributed by atoms with Crippen LogP contribution in [-0.4, -0.2) is 106 Å². The molecule has 0 rings (SSSR count). The summed E-state index contributed by atoms with van der Waals surface area (Å²) in [6.07, 6.45) is 0. The Morgan fingerprint density at radius 3 is 0.941 bits per heavy atom. The highest BCUT2D eigenvalue weighted by Gasteiger charge is 2.77. The average molecular weight is 626 g/mol. The van der Waals surface area contributed by atoms with Crippen molar-refractivity contribution in [2.24, 2.45) is 5.73 Å². The summed E-state index contributed by atoms with van der Waals surface area (Å²) in [6.45, 7) is -3.44. The van der Waals surface area contributed by atoms with Crippen LogP contribution in [0.4, 0.5) is 0 Å². The van der Waals surface area contributed by atoms with Crippen LogP contribution in [0.3, 0.4) is 0 Å². The number of nitrogens with zero attached hydrogens (tertiary/aromatic N) is 1. The molecule has 21 nitrogen and oxygen atoms in total. The second-order valence-corrected chi connectivity index (χ2v) is 18.1. The maximum atomic E-state index is 12.2. The standard InChI is InChI=1S/C7H25N3O18P6/c8-1-2-9-3-4-10(5(29(11,12)13)30(14,15)16,6(31(17,18)19)32(20,21)22)7(33(23,24)25)34(26,27)28/h5-7,9H,1-4,8H2,(H11-,11,12,13,14,15,16,17,18,19,20,21,22,23,24,25,26,27,28)/p+1. The summed E-state index contributed by atoms with van der Waals surface area (Å²) in [7, 11) is -40.1. The van der Waals surface area contributed by atoms with Gasteiger partial charge in [-0.15, -0.1) is 0 Å². The summed E-state index contributed by atoms with van der Waals surface area (Å²) in [5.41, 5.74) is -7.35. The molecule has 0 aliphatic carbocycles. The van der Waals surface area contributed by atoms with Crippen molar-refractivity contribution in [3.63, 3.8) is 0 Å². The summed E-state index contributed by atoms with van der Waals surface area (Å²) >= 11 is 0. The van der Waals surface area contributed by atoms with Crippen molar-refractivity contribution < 1.29 is 90.6 Å². The van der Waals surface area contributed by atoms with Gasteiger partial charge in [-0.25, -0.2) is 0 Å². The van der Waals surface area contributed by atoms with E-state index in [0.717, 1.165) is 0 Å². The van der Waals surface area contributed by atoms with E-state index in [2.05, 4.69) is 5.32 Å². The van der Waals surface area contributed by atoms with Gasteiger partial charge >= 0.3 is 45.6 Å². The minimum absolute atomic E-state index is 0.235. The monoisotopic (exact) mass is 626 g/mol. The maximum Gasteiger partial charge on any atom is 0.395 e. The first kappa shape index (κ1) is 34.8. The second-order valence-electron chi connectivity index (χ2n) is 6.83. The van der Waals surface area contributed by atoms with Gasteiger partial charge in [-0.1, -0.05) is 0 Å². The summed E-state index contributed by atoms with van der Waals surface area (Å²) in [5, 5.41) is 2.21. The third-order valence-electron chi connectivity index (χ3n) is 4.09. The van der Waals surface area contributed by atoms with Gasteiger partial charge in [0.05, 0.1) is 6.54 Å². The highest BCUT2D eigenvalue weighted by molar-refractivity contribution is 7.73. The largest absolute Gasteiger partial charge is 0.395 e. The van der Waals surface area contributed by atoms with Crippen LogP contribution in [0.1, 0.15) is 0 Å². The van der Waals surface area contributed by atoms with Gasteiger partial charge in [0.25, 0.3) is 16.6 Å². The Labute approximate surface area is 190 Å². The lowest BCUT2D eigenvalue weighted by atomic mass is 10.5. The van der Waals surface area contributed by atoms with Gasteiger partial charge in [-0.2, -0.15) is 0 Å². The van der Waals surface area contributed by atoms with Crippen LogP contribution < -0.4 is 11.1 Å². The van der Waals surface area contributed by atoms with Crippen LogP contribution in [0, 0.1) is 0 Å². The number of rotatable bonds is 14. The molecule has 0 radical (unpaired) electrons. The summed E-state index contributed by atoms with van der Waals surface area (Å²) in [5.74, 6) is 0. The van der Waals surface area contributed by atoms with Crippen molar-refractivity contribution in [1.82, 2.24) is 5.32 Å². The lowest BCUT2D eigenvalue weighted by Gasteiger charge is -2.51. The van der Waals surface area contributed by atoms with Crippen molar-refractivity contribution in [2.75, 3.05) is 26.2 Å². The molecule has 0 amide bonds. The highest BCUT2D eigenvalue weighted by Crippen LogP contribution is 2.78. The van der Waals surface area contributed by atoms with Gasteiger partial charge < -0.3 is 69.8 Å². The van der Waals surface area contributed by atoms with E-state index in [0.29, 0.717) is 0 Å². The zero-order valence-electron chi connectivity index (χ0n) is 16.6. The fraction of sp³-hybridized carbons (Fsp3) is 1.00. The first-order chi connectivity index (χ1) is 14.7. The van der Waals surface area contributed by atoms with Gasteiger partial charge in [0, 0.05) is 19.6 Å². The normalized spacial score (nSPS) is 15.5. The van der Waals surface area contributed by atoms with Crippen LogP contribution >= 0.6 is 45.6 Å². The summed E-state index contributed by atoms with van der Waals surface area (Å²) in [4.78, 5) is 116. The molecule has 34 heavy (non-hydrogen) atoms. The van der Waals surface area contributed by atoms with E-state index in [1.165, 1.54) is 0 Å². The molecule has 0 aromatic rings. The molecular weight excluding hydrogens is 600 g/mol. The Balaban J connectivity index is 8.30. The smallest absolute Gasteiger partial charge is 0.329 e. The predicted molar refractivity (Wildman–Crippen MR) is 111 cm³/mol. The van der Waals surface area contributed by atoms with E-state index in [9.17, 15) is 86.1 Å². The molecule has 0 bridgehead atoms. The lowest BCUT2D eigenvalue weighted by molar-refractivity contribution is -0.930. The number of hydrogen-bond donors (Lipinski definition) is 14. The molecule has 0 heterocycles. The highest BCUT2D eigenvalue weighted by atomic mass is 31.3. The van der Waals surface area contributed by atoms with E-state index in [-0.39, 0.29) is 13.1 Å². The molecule has 0 unspecified atom stereocenters. The Morgan fingerprint density at radius 1 is 0.529 bits per heavy atom. The van der Waals surface area contributed by atoms with Crippen LogP contribution in [0.25, 0.3) is 0 Å². The van der Waals surface area contributed by atoms with Crippen LogP contribution in [0.2, 0.25) is 0 Å². The molecule has 15 N–H and O–H groups in total. The number of quaternary nitrogens is 1. The molecule has 0 atom stereocenters. The molecule has 206 valence electrons. The molecule has 27 heteroatoms. The lowest BCUT2D eigenvalue weighted by Crippen LogP contribution is -2.67. The number of hydrogen-bond acceptors (Lipinski definition) is 8. The Hall–Kier alpha value is 0.780. The fourth-order valence-corrected chi connectivity index (χ4v) is 15.1. The molecule has 0 aliphatic heterocycles. The van der Waals surface area contributed by atoms with E-state index in [4.69, 9.17) is 5.73 Å². The van der Waals surface area contributed by atoms with Crippen LogP contribution in [0.5, 0.6) is 0 Å². The Bertz CT molecular complexity index is 813. The first-order valence-corrected chi connectivity index (χ1v) is 18.3. The van der Waals surface area contributed by atoms with Crippen molar-refractivity contribution in [3.8, 4) is 0 Å². The summed E-state index contributed by atoms with van der Waals surface area (Å²) in [6, 6.07) is 0. The van der Waals surface area contributed by atoms with Crippen molar-refractivity contribution >= 4 is 45.6 Å². The van der Waals surface area contributed by atoms with E-state index in [1.54, 1.807) is 0 Å². The van der Waals surface area contributed by atoms with Crippen LogP contribution in [0.15, 0.2) is 0 Å². The quantitative estimate of drug-likeness (QED) is 0.0500. The molecule has 0 saturated carbocycles. The number of nitrogens with two attached hydrogens (primary N) is 1. The molecule has 0 aromatic carbocycles. The molecule has 0 fully saturated rings. The maximum absolute atomic E-state index is 12.2. The average Bonchev–Trinajstić information content (AvgIpc) is 2.42. The van der Waals surface area contributed by atoms with Gasteiger partial charge in [0.15, 0.2) is 0 Å². The molecule has 0 aromatic heterocycles. The van der Waals surface area contributed by atoms with Gasteiger partial charge in [-0.3, -0.25) is 31.9 Å². The van der Waals surface area contributed by atoms with Crippen molar-refractivity contribution in [1.29, 1.82) is 0 Å². The van der Waals surface area contributed by atoms with Gasteiger partial charge in [0.2, 0.25) is 0 Å². The van der Waals surface area contributed by atoms with E-state index >= 15 is 0 Å². The second kappa shape index (κ2) is 11.3. The zero-order valence-corrected chi connectivity index (χ0v) is 22.0. The molecular formula is C7H26N3O18P6+. The third kappa shape index (κ3) is 8.67. The Kier molecular flexibility index (Phi) is 11.5.